The summed E-state index contributed by atoms with van der Waals surface area (Å²) in [6.07, 6.45) is 3.61. The summed E-state index contributed by atoms with van der Waals surface area (Å²) in [5.41, 5.74) is 0.910. The molecule has 0 radical (unpaired) electrons. The fourth-order valence-electron chi connectivity index (χ4n) is 1.95. The Morgan fingerprint density at radius 1 is 1.47 bits per heavy atom. The Balaban J connectivity index is 2.15. The van der Waals surface area contributed by atoms with E-state index in [2.05, 4.69) is 10.3 Å². The second-order valence-electron chi connectivity index (χ2n) is 4.31. The maximum absolute atomic E-state index is 13.3. The standard InChI is InChI=1S/C14H18FN3O/c1-11(12-4-3-5-13(15)10-12)18-8-6-16-14(18)17-7-9-19-2/h3-6,8,10-11H,7,9H2,1-2H3,(H,16,17). The summed E-state index contributed by atoms with van der Waals surface area (Å²) in [4.78, 5) is 4.26. The Morgan fingerprint density at radius 3 is 3.05 bits per heavy atom. The van der Waals surface area contributed by atoms with E-state index >= 15 is 0 Å². The van der Waals surface area contributed by atoms with Crippen LogP contribution in [0.1, 0.15) is 18.5 Å². The van der Waals surface area contributed by atoms with Gasteiger partial charge in [-0.25, -0.2) is 9.37 Å². The normalized spacial score (nSPS) is 12.4. The third kappa shape index (κ3) is 3.32. The Hall–Kier alpha value is -1.88. The fourth-order valence-corrected chi connectivity index (χ4v) is 1.95. The van der Waals surface area contributed by atoms with Crippen LogP contribution in [0.25, 0.3) is 0 Å². The molecule has 102 valence electrons. The van der Waals surface area contributed by atoms with E-state index in [-0.39, 0.29) is 11.9 Å². The number of ether oxygens (including phenoxy) is 1. The number of benzene rings is 1. The summed E-state index contributed by atoms with van der Waals surface area (Å²) in [6.45, 7) is 3.31. The minimum Gasteiger partial charge on any atom is -0.383 e. The molecular weight excluding hydrogens is 245 g/mol. The van der Waals surface area contributed by atoms with E-state index in [4.69, 9.17) is 4.74 Å². The van der Waals surface area contributed by atoms with Crippen LogP contribution in [0.4, 0.5) is 10.3 Å². The van der Waals surface area contributed by atoms with Crippen molar-refractivity contribution >= 4 is 5.95 Å². The third-order valence-electron chi connectivity index (χ3n) is 3.01. The predicted octanol–water partition coefficient (Wildman–Crippen LogP) is 2.69. The molecule has 1 heterocycles. The molecule has 4 nitrogen and oxygen atoms in total. The largest absolute Gasteiger partial charge is 0.383 e. The molecule has 0 aliphatic heterocycles. The lowest BCUT2D eigenvalue weighted by Gasteiger charge is -2.17. The zero-order valence-corrected chi connectivity index (χ0v) is 11.1. The summed E-state index contributed by atoms with van der Waals surface area (Å²) >= 11 is 0. The highest BCUT2D eigenvalue weighted by Gasteiger charge is 2.12. The number of methoxy groups -OCH3 is 1. The Labute approximate surface area is 112 Å². The highest BCUT2D eigenvalue weighted by molar-refractivity contribution is 5.30. The number of hydrogen-bond donors (Lipinski definition) is 1. The van der Waals surface area contributed by atoms with Crippen LogP contribution >= 0.6 is 0 Å². The highest BCUT2D eigenvalue weighted by atomic mass is 19.1. The minimum atomic E-state index is -0.224. The molecule has 0 saturated carbocycles. The van der Waals surface area contributed by atoms with Gasteiger partial charge in [-0.1, -0.05) is 12.1 Å². The molecule has 0 aliphatic carbocycles. The molecule has 1 aromatic heterocycles. The Morgan fingerprint density at radius 2 is 2.32 bits per heavy atom. The van der Waals surface area contributed by atoms with Gasteiger partial charge in [-0.15, -0.1) is 0 Å². The van der Waals surface area contributed by atoms with Crippen LogP contribution in [0.15, 0.2) is 36.7 Å². The van der Waals surface area contributed by atoms with Crippen LogP contribution in [-0.4, -0.2) is 29.8 Å². The summed E-state index contributed by atoms with van der Waals surface area (Å²) in [5, 5.41) is 3.19. The van der Waals surface area contributed by atoms with Crippen LogP contribution in [0.2, 0.25) is 0 Å². The van der Waals surface area contributed by atoms with Crippen molar-refractivity contribution in [3.63, 3.8) is 0 Å². The summed E-state index contributed by atoms with van der Waals surface area (Å²) < 4.78 is 20.2. The first-order valence-electron chi connectivity index (χ1n) is 6.23. The summed E-state index contributed by atoms with van der Waals surface area (Å²) in [5.74, 6) is 0.534. The number of anilines is 1. The first-order valence-corrected chi connectivity index (χ1v) is 6.23. The van der Waals surface area contributed by atoms with E-state index in [1.807, 2.05) is 23.8 Å². The van der Waals surface area contributed by atoms with E-state index in [1.54, 1.807) is 25.4 Å². The summed E-state index contributed by atoms with van der Waals surface area (Å²) in [6, 6.07) is 6.64. The van der Waals surface area contributed by atoms with Crippen molar-refractivity contribution in [2.24, 2.45) is 0 Å². The molecule has 1 N–H and O–H groups in total. The second kappa shape index (κ2) is 6.33. The average Bonchev–Trinajstić information content (AvgIpc) is 2.86. The molecular formula is C14H18FN3O. The van der Waals surface area contributed by atoms with E-state index in [0.29, 0.717) is 13.2 Å². The molecule has 0 bridgehead atoms. The van der Waals surface area contributed by atoms with Gasteiger partial charge in [0.2, 0.25) is 5.95 Å². The molecule has 1 unspecified atom stereocenters. The number of rotatable bonds is 6. The van der Waals surface area contributed by atoms with Gasteiger partial charge >= 0.3 is 0 Å². The Kier molecular flexibility index (Phi) is 4.52. The van der Waals surface area contributed by atoms with Gasteiger partial charge in [-0.3, -0.25) is 0 Å². The average molecular weight is 263 g/mol. The van der Waals surface area contributed by atoms with Crippen molar-refractivity contribution in [3.05, 3.63) is 48.0 Å². The molecule has 19 heavy (non-hydrogen) atoms. The zero-order chi connectivity index (χ0) is 13.7. The third-order valence-corrected chi connectivity index (χ3v) is 3.01. The van der Waals surface area contributed by atoms with Gasteiger partial charge in [0.1, 0.15) is 5.82 Å². The minimum absolute atomic E-state index is 0.0169. The Bertz CT molecular complexity index is 527. The number of imidazole rings is 1. The first-order chi connectivity index (χ1) is 9.22. The monoisotopic (exact) mass is 263 g/mol. The second-order valence-corrected chi connectivity index (χ2v) is 4.31. The molecule has 0 amide bonds. The van der Waals surface area contributed by atoms with Gasteiger partial charge in [-0.2, -0.15) is 0 Å². The van der Waals surface area contributed by atoms with Crippen molar-refractivity contribution in [2.45, 2.75) is 13.0 Å². The summed E-state index contributed by atoms with van der Waals surface area (Å²) in [7, 11) is 1.66. The smallest absolute Gasteiger partial charge is 0.203 e. The van der Waals surface area contributed by atoms with Crippen molar-refractivity contribution in [2.75, 3.05) is 25.6 Å². The topological polar surface area (TPSA) is 39.1 Å². The van der Waals surface area contributed by atoms with Gasteiger partial charge in [0.25, 0.3) is 0 Å². The van der Waals surface area contributed by atoms with Crippen molar-refractivity contribution in [1.82, 2.24) is 9.55 Å². The van der Waals surface area contributed by atoms with Crippen molar-refractivity contribution in [3.8, 4) is 0 Å². The van der Waals surface area contributed by atoms with E-state index in [1.165, 1.54) is 6.07 Å². The maximum Gasteiger partial charge on any atom is 0.203 e. The van der Waals surface area contributed by atoms with Crippen LogP contribution in [-0.2, 0) is 4.74 Å². The maximum atomic E-state index is 13.3. The number of nitrogens with zero attached hydrogens (tertiary/aromatic N) is 2. The molecule has 2 rings (SSSR count). The van der Waals surface area contributed by atoms with Crippen LogP contribution in [0, 0.1) is 5.82 Å². The first kappa shape index (κ1) is 13.5. The highest BCUT2D eigenvalue weighted by Crippen LogP contribution is 2.22. The van der Waals surface area contributed by atoms with E-state index in [9.17, 15) is 4.39 Å². The number of hydrogen-bond acceptors (Lipinski definition) is 3. The van der Waals surface area contributed by atoms with Crippen LogP contribution in [0.3, 0.4) is 0 Å². The van der Waals surface area contributed by atoms with Gasteiger partial charge in [0.05, 0.1) is 12.6 Å². The lowest BCUT2D eigenvalue weighted by atomic mass is 10.1. The van der Waals surface area contributed by atoms with Crippen molar-refractivity contribution < 1.29 is 9.13 Å². The van der Waals surface area contributed by atoms with Gasteiger partial charge in [0, 0.05) is 26.0 Å². The molecule has 0 fully saturated rings. The molecule has 0 saturated heterocycles. The van der Waals surface area contributed by atoms with Crippen LogP contribution in [0.5, 0.6) is 0 Å². The molecule has 1 atom stereocenters. The lowest BCUT2D eigenvalue weighted by molar-refractivity contribution is 0.210. The van der Waals surface area contributed by atoms with E-state index in [0.717, 1.165) is 11.5 Å². The number of nitrogens with one attached hydrogen (secondary N) is 1. The zero-order valence-electron chi connectivity index (χ0n) is 11.1. The predicted molar refractivity (Wildman–Crippen MR) is 72.8 cm³/mol. The fraction of sp³-hybridized carbons (Fsp3) is 0.357. The van der Waals surface area contributed by atoms with Gasteiger partial charge in [0.15, 0.2) is 0 Å². The van der Waals surface area contributed by atoms with Gasteiger partial charge < -0.3 is 14.6 Å². The molecule has 5 heteroatoms. The number of halogens is 1. The molecule has 0 aliphatic rings. The number of aromatic nitrogens is 2. The SMILES string of the molecule is COCCNc1nccn1C(C)c1cccc(F)c1. The van der Waals surface area contributed by atoms with Gasteiger partial charge in [-0.05, 0) is 24.6 Å². The quantitative estimate of drug-likeness (QED) is 0.814. The van der Waals surface area contributed by atoms with E-state index < -0.39 is 0 Å². The molecule has 1 aromatic carbocycles. The van der Waals surface area contributed by atoms with Crippen LogP contribution < -0.4 is 5.32 Å². The molecule has 2 aromatic rings. The van der Waals surface area contributed by atoms with Crippen molar-refractivity contribution in [1.29, 1.82) is 0 Å². The lowest BCUT2D eigenvalue weighted by Crippen LogP contribution is -2.15. The molecule has 0 spiro atoms.